The molecule has 2 aliphatic carbocycles. The molecule has 0 aromatic heterocycles. The summed E-state index contributed by atoms with van der Waals surface area (Å²) in [5.41, 5.74) is 0.867. The topological polar surface area (TPSA) is 43.4 Å². The molecule has 3 nitrogen and oxygen atoms in total. The highest BCUT2D eigenvalue weighted by molar-refractivity contribution is 5.96. The number of esters is 1. The van der Waals surface area contributed by atoms with Crippen LogP contribution < -0.4 is 0 Å². The minimum atomic E-state index is -0.209. The van der Waals surface area contributed by atoms with Crippen LogP contribution in [-0.4, -0.2) is 17.9 Å². The number of ketones is 1. The van der Waals surface area contributed by atoms with Gasteiger partial charge in [0.25, 0.3) is 0 Å². The van der Waals surface area contributed by atoms with Gasteiger partial charge in [0.05, 0.1) is 0 Å². The van der Waals surface area contributed by atoms with Crippen LogP contribution in [0, 0.1) is 23.2 Å². The molecule has 1 spiro atoms. The number of allylic oxidation sites excluding steroid dienone is 2. The van der Waals surface area contributed by atoms with Gasteiger partial charge in [-0.05, 0) is 42.6 Å². The molecule has 3 heteroatoms. The van der Waals surface area contributed by atoms with Crippen molar-refractivity contribution in [3.63, 3.8) is 0 Å². The van der Waals surface area contributed by atoms with Crippen molar-refractivity contribution < 1.29 is 14.3 Å². The van der Waals surface area contributed by atoms with Crippen molar-refractivity contribution in [3.8, 4) is 0 Å². The highest BCUT2D eigenvalue weighted by Crippen LogP contribution is 2.58. The summed E-state index contributed by atoms with van der Waals surface area (Å²) >= 11 is 0. The summed E-state index contributed by atoms with van der Waals surface area (Å²) in [6, 6.07) is 0. The number of carbonyl (C=O) groups is 2. The summed E-state index contributed by atoms with van der Waals surface area (Å²) in [7, 11) is 0. The van der Waals surface area contributed by atoms with Crippen LogP contribution in [0.4, 0.5) is 0 Å². The molecule has 0 bridgehead atoms. The van der Waals surface area contributed by atoms with Gasteiger partial charge in [0.1, 0.15) is 6.10 Å². The molecule has 0 heterocycles. The van der Waals surface area contributed by atoms with Crippen molar-refractivity contribution in [3.05, 3.63) is 11.6 Å². The fraction of sp³-hybridized carbons (Fsp3) is 0.765. The smallest absolute Gasteiger partial charge is 0.302 e. The van der Waals surface area contributed by atoms with Crippen molar-refractivity contribution in [2.24, 2.45) is 23.2 Å². The fourth-order valence-electron chi connectivity index (χ4n) is 4.45. The lowest BCUT2D eigenvalue weighted by molar-refractivity contribution is -0.150. The Balaban J connectivity index is 2.35. The lowest BCUT2D eigenvalue weighted by Gasteiger charge is -2.43. The standard InChI is InChI=1S/C17H26O3/c1-10(2)16-15(20-13(5)18)8-12(4)17(16)7-6-11(3)14(19)9-17/h6,10,12,15-16H,7-9H2,1-5H3/t12-,15+,16+,17-/m0/s1. The molecule has 0 amide bonds. The van der Waals surface area contributed by atoms with Crippen LogP contribution in [0.3, 0.4) is 0 Å². The molecule has 0 N–H and O–H groups in total. The third-order valence-electron chi connectivity index (χ3n) is 5.39. The molecule has 0 radical (unpaired) electrons. The Labute approximate surface area is 121 Å². The van der Waals surface area contributed by atoms with Crippen LogP contribution in [0.5, 0.6) is 0 Å². The molecule has 112 valence electrons. The number of carbonyl (C=O) groups excluding carboxylic acids is 2. The van der Waals surface area contributed by atoms with Crippen molar-refractivity contribution >= 4 is 11.8 Å². The van der Waals surface area contributed by atoms with Crippen molar-refractivity contribution in [1.82, 2.24) is 0 Å². The van der Waals surface area contributed by atoms with E-state index in [1.807, 2.05) is 6.92 Å². The molecule has 2 aliphatic rings. The molecule has 2 rings (SSSR count). The van der Waals surface area contributed by atoms with Crippen LogP contribution in [0.15, 0.2) is 11.6 Å². The molecule has 4 atom stereocenters. The maximum Gasteiger partial charge on any atom is 0.302 e. The van der Waals surface area contributed by atoms with E-state index in [0.717, 1.165) is 18.4 Å². The highest BCUT2D eigenvalue weighted by Gasteiger charge is 2.56. The van der Waals surface area contributed by atoms with E-state index in [-0.39, 0.29) is 29.2 Å². The number of Topliss-reactive ketones (excluding diaryl/α,β-unsaturated/α-hetero) is 1. The predicted octanol–water partition coefficient (Wildman–Crippen LogP) is 3.53. The first-order valence-corrected chi connectivity index (χ1v) is 7.65. The third kappa shape index (κ3) is 2.43. The number of rotatable bonds is 2. The predicted molar refractivity (Wildman–Crippen MR) is 78.1 cm³/mol. The Morgan fingerprint density at radius 3 is 2.60 bits per heavy atom. The second-order valence-electron chi connectivity index (χ2n) is 6.98. The van der Waals surface area contributed by atoms with Crippen molar-refractivity contribution in [1.29, 1.82) is 0 Å². The van der Waals surface area contributed by atoms with Gasteiger partial charge >= 0.3 is 5.97 Å². The summed E-state index contributed by atoms with van der Waals surface area (Å²) in [5, 5.41) is 0. The molecule has 1 saturated carbocycles. The zero-order valence-electron chi connectivity index (χ0n) is 13.2. The van der Waals surface area contributed by atoms with Gasteiger partial charge in [-0.25, -0.2) is 0 Å². The number of hydrogen-bond acceptors (Lipinski definition) is 3. The lowest BCUT2D eigenvalue weighted by atomic mass is 9.61. The van der Waals surface area contributed by atoms with E-state index in [2.05, 4.69) is 26.8 Å². The van der Waals surface area contributed by atoms with Crippen LogP contribution in [0.1, 0.15) is 53.9 Å². The molecule has 1 fully saturated rings. The second-order valence-corrected chi connectivity index (χ2v) is 6.98. The monoisotopic (exact) mass is 278 g/mol. The van der Waals surface area contributed by atoms with E-state index in [4.69, 9.17) is 4.74 Å². The Kier molecular flexibility index (Phi) is 4.08. The Hall–Kier alpha value is -1.12. The van der Waals surface area contributed by atoms with E-state index in [9.17, 15) is 9.59 Å². The fourth-order valence-corrected chi connectivity index (χ4v) is 4.45. The van der Waals surface area contributed by atoms with E-state index < -0.39 is 0 Å². The third-order valence-corrected chi connectivity index (χ3v) is 5.39. The molecular weight excluding hydrogens is 252 g/mol. The number of ether oxygens (including phenoxy) is 1. The summed E-state index contributed by atoms with van der Waals surface area (Å²) in [5.74, 6) is 1.14. The second kappa shape index (κ2) is 5.34. The summed E-state index contributed by atoms with van der Waals surface area (Å²) in [6.45, 7) is 9.94. The molecule has 0 aromatic carbocycles. The Bertz CT molecular complexity index is 449. The van der Waals surface area contributed by atoms with Gasteiger partial charge in [-0.2, -0.15) is 0 Å². The molecular formula is C17H26O3. The maximum absolute atomic E-state index is 12.2. The van der Waals surface area contributed by atoms with Crippen LogP contribution in [-0.2, 0) is 14.3 Å². The van der Waals surface area contributed by atoms with Gasteiger partial charge in [-0.15, -0.1) is 0 Å². The summed E-state index contributed by atoms with van der Waals surface area (Å²) in [4.78, 5) is 23.6. The SMILES string of the molecule is CC(=O)O[C@@H]1C[C@H](C)[C@@]2(CC=C(C)C(=O)C2)[C@@H]1C(C)C. The van der Waals surface area contributed by atoms with Crippen molar-refractivity contribution in [2.45, 2.75) is 60.0 Å². The van der Waals surface area contributed by atoms with E-state index >= 15 is 0 Å². The van der Waals surface area contributed by atoms with E-state index in [0.29, 0.717) is 18.3 Å². The first-order chi connectivity index (χ1) is 9.28. The molecule has 0 unspecified atom stereocenters. The van der Waals surface area contributed by atoms with Gasteiger partial charge in [0.2, 0.25) is 0 Å². The quantitative estimate of drug-likeness (QED) is 0.726. The Morgan fingerprint density at radius 1 is 1.45 bits per heavy atom. The lowest BCUT2D eigenvalue weighted by Crippen LogP contribution is -2.41. The first-order valence-electron chi connectivity index (χ1n) is 7.65. The number of hydrogen-bond donors (Lipinski definition) is 0. The summed E-state index contributed by atoms with van der Waals surface area (Å²) in [6.07, 6.45) is 4.47. The average molecular weight is 278 g/mol. The minimum absolute atomic E-state index is 0.0229. The van der Waals surface area contributed by atoms with E-state index in [1.54, 1.807) is 0 Å². The summed E-state index contributed by atoms with van der Waals surface area (Å²) < 4.78 is 5.57. The van der Waals surface area contributed by atoms with Crippen LogP contribution >= 0.6 is 0 Å². The Morgan fingerprint density at radius 2 is 2.10 bits per heavy atom. The van der Waals surface area contributed by atoms with Crippen LogP contribution in [0.25, 0.3) is 0 Å². The maximum atomic E-state index is 12.2. The largest absolute Gasteiger partial charge is 0.462 e. The first kappa shape index (κ1) is 15.3. The van der Waals surface area contributed by atoms with E-state index in [1.165, 1.54) is 6.92 Å². The molecule has 0 aromatic rings. The highest BCUT2D eigenvalue weighted by atomic mass is 16.5. The van der Waals surface area contributed by atoms with Gasteiger partial charge in [-0.1, -0.05) is 26.8 Å². The zero-order valence-corrected chi connectivity index (χ0v) is 13.2. The average Bonchev–Trinajstić information content (AvgIpc) is 2.56. The van der Waals surface area contributed by atoms with Gasteiger partial charge < -0.3 is 4.74 Å². The van der Waals surface area contributed by atoms with Crippen LogP contribution in [0.2, 0.25) is 0 Å². The van der Waals surface area contributed by atoms with Gasteiger partial charge in [0.15, 0.2) is 5.78 Å². The normalized spacial score (nSPS) is 37.4. The molecule has 20 heavy (non-hydrogen) atoms. The van der Waals surface area contributed by atoms with Gasteiger partial charge in [-0.3, -0.25) is 9.59 Å². The molecule has 0 saturated heterocycles. The molecule has 0 aliphatic heterocycles. The minimum Gasteiger partial charge on any atom is -0.462 e. The van der Waals surface area contributed by atoms with Crippen molar-refractivity contribution in [2.75, 3.05) is 0 Å². The zero-order chi connectivity index (χ0) is 15.1. The van der Waals surface area contributed by atoms with Gasteiger partial charge in [0, 0.05) is 19.3 Å².